The largest absolute Gasteiger partial charge is 0.310 e. The molecule has 9 aromatic carbocycles. The van der Waals surface area contributed by atoms with Crippen LogP contribution in [-0.2, 0) is 0 Å². The number of para-hydroxylation sites is 1. The fraction of sp³-hybridized carbons (Fsp3) is 0. The Balaban J connectivity index is 1.15. The Bertz CT molecular complexity index is 2860. The van der Waals surface area contributed by atoms with Crippen molar-refractivity contribution >= 4 is 71.2 Å². The van der Waals surface area contributed by atoms with Gasteiger partial charge in [-0.05, 0) is 110 Å². The molecule has 2 nitrogen and oxygen atoms in total. The second-order valence-electron chi connectivity index (χ2n) is 13.0. The maximum Gasteiger partial charge on any atom is 0.0547 e. The normalized spacial score (nSPS) is 11.6. The van der Waals surface area contributed by atoms with Gasteiger partial charge in [0.15, 0.2) is 0 Å². The van der Waals surface area contributed by atoms with Crippen molar-refractivity contribution in [3.05, 3.63) is 194 Å². The van der Waals surface area contributed by atoms with Crippen LogP contribution in [0.2, 0.25) is 0 Å². The Kier molecular flexibility index (Phi) is 6.53. The van der Waals surface area contributed by atoms with Crippen LogP contribution in [0.25, 0.3) is 70.9 Å². The highest BCUT2D eigenvalue weighted by molar-refractivity contribution is 6.13. The van der Waals surface area contributed by atoms with Gasteiger partial charge in [0.2, 0.25) is 0 Å². The molecule has 1 heterocycles. The molecule has 0 spiro atoms. The molecule has 10 rings (SSSR count). The standard InChI is InChI=1S/C48H32N2/c1-2-11-33(12-3-1)35-16-10-17-41(29-35)49(42-27-28-44-38(30-42)22-21-34-13-6-7-18-43(34)44)39-23-25-40(26-24-39)50-47-20-9-8-19-45(47)46-31-36-14-4-5-15-37(36)32-48(46)50/h1-32H. The molecule has 0 radical (unpaired) electrons. The first-order chi connectivity index (χ1) is 24.8. The zero-order valence-corrected chi connectivity index (χ0v) is 27.4. The highest BCUT2D eigenvalue weighted by atomic mass is 15.1. The molecule has 0 fully saturated rings. The lowest BCUT2D eigenvalue weighted by atomic mass is 10.0. The first-order valence-electron chi connectivity index (χ1n) is 17.2. The van der Waals surface area contributed by atoms with E-state index >= 15 is 0 Å². The maximum atomic E-state index is 2.41. The van der Waals surface area contributed by atoms with Crippen molar-refractivity contribution in [1.29, 1.82) is 0 Å². The minimum Gasteiger partial charge on any atom is -0.310 e. The van der Waals surface area contributed by atoms with E-state index in [4.69, 9.17) is 0 Å². The Morgan fingerprint density at radius 3 is 1.76 bits per heavy atom. The summed E-state index contributed by atoms with van der Waals surface area (Å²) in [6.45, 7) is 0. The van der Waals surface area contributed by atoms with E-state index in [-0.39, 0.29) is 0 Å². The van der Waals surface area contributed by atoms with Crippen molar-refractivity contribution < 1.29 is 0 Å². The SMILES string of the molecule is c1ccc(-c2cccc(N(c3ccc(-n4c5ccccc5c5cc6ccccc6cc54)cc3)c3ccc4c(ccc5ccccc54)c3)c2)cc1. The molecule has 0 aliphatic rings. The van der Waals surface area contributed by atoms with Crippen molar-refractivity contribution in [1.82, 2.24) is 4.57 Å². The molecule has 0 aliphatic carbocycles. The van der Waals surface area contributed by atoms with E-state index in [9.17, 15) is 0 Å². The van der Waals surface area contributed by atoms with Crippen LogP contribution >= 0.6 is 0 Å². The molecule has 50 heavy (non-hydrogen) atoms. The lowest BCUT2D eigenvalue weighted by molar-refractivity contribution is 1.17. The number of nitrogens with zero attached hydrogens (tertiary/aromatic N) is 2. The summed E-state index contributed by atoms with van der Waals surface area (Å²) in [5.41, 5.74) is 9.29. The van der Waals surface area contributed by atoms with Gasteiger partial charge in [-0.25, -0.2) is 0 Å². The molecule has 0 bridgehead atoms. The van der Waals surface area contributed by atoms with E-state index in [0.717, 1.165) is 22.7 Å². The monoisotopic (exact) mass is 636 g/mol. The van der Waals surface area contributed by atoms with E-state index in [1.807, 2.05) is 0 Å². The number of hydrogen-bond donors (Lipinski definition) is 0. The third-order valence-electron chi connectivity index (χ3n) is 10.1. The number of hydrogen-bond acceptors (Lipinski definition) is 1. The number of benzene rings is 9. The zero-order valence-electron chi connectivity index (χ0n) is 27.4. The Morgan fingerprint density at radius 1 is 0.300 bits per heavy atom. The van der Waals surface area contributed by atoms with Crippen LogP contribution < -0.4 is 4.90 Å². The van der Waals surface area contributed by atoms with Gasteiger partial charge in [-0.3, -0.25) is 0 Å². The first kappa shape index (κ1) is 28.4. The second-order valence-corrected chi connectivity index (χ2v) is 13.0. The van der Waals surface area contributed by atoms with Gasteiger partial charge in [0.1, 0.15) is 0 Å². The van der Waals surface area contributed by atoms with Crippen molar-refractivity contribution in [2.45, 2.75) is 0 Å². The lowest BCUT2D eigenvalue weighted by Gasteiger charge is -2.27. The number of anilines is 3. The Morgan fingerprint density at radius 2 is 0.920 bits per heavy atom. The molecular weight excluding hydrogens is 605 g/mol. The molecule has 0 amide bonds. The van der Waals surface area contributed by atoms with Crippen molar-refractivity contribution in [2.75, 3.05) is 4.90 Å². The summed E-state index contributed by atoms with van der Waals surface area (Å²) < 4.78 is 2.41. The third-order valence-corrected chi connectivity index (χ3v) is 10.1. The maximum absolute atomic E-state index is 2.41. The molecule has 0 unspecified atom stereocenters. The summed E-state index contributed by atoms with van der Waals surface area (Å²) in [5.74, 6) is 0. The molecule has 0 atom stereocenters. The van der Waals surface area contributed by atoms with E-state index in [0.29, 0.717) is 0 Å². The van der Waals surface area contributed by atoms with Crippen LogP contribution in [0.5, 0.6) is 0 Å². The lowest BCUT2D eigenvalue weighted by Crippen LogP contribution is -2.10. The van der Waals surface area contributed by atoms with Crippen LogP contribution in [0.4, 0.5) is 17.1 Å². The molecular formula is C48H32N2. The van der Waals surface area contributed by atoms with Crippen molar-refractivity contribution in [2.24, 2.45) is 0 Å². The van der Waals surface area contributed by atoms with E-state index in [1.54, 1.807) is 0 Å². The number of aromatic nitrogens is 1. The topological polar surface area (TPSA) is 8.17 Å². The molecule has 234 valence electrons. The molecule has 10 aromatic rings. The zero-order chi connectivity index (χ0) is 33.0. The highest BCUT2D eigenvalue weighted by Gasteiger charge is 2.17. The predicted octanol–water partition coefficient (Wildman–Crippen LogP) is 13.4. The summed E-state index contributed by atoms with van der Waals surface area (Å²) in [5, 5.41) is 10.1. The van der Waals surface area contributed by atoms with Gasteiger partial charge in [0, 0.05) is 33.5 Å². The minimum absolute atomic E-state index is 1.10. The smallest absolute Gasteiger partial charge is 0.0547 e. The number of fused-ring (bicyclic) bond motifs is 7. The molecule has 1 aromatic heterocycles. The van der Waals surface area contributed by atoms with Gasteiger partial charge in [-0.1, -0.05) is 127 Å². The Labute approximate surface area is 290 Å². The van der Waals surface area contributed by atoms with E-state index in [1.165, 1.54) is 65.3 Å². The third kappa shape index (κ3) is 4.65. The summed E-state index contributed by atoms with van der Waals surface area (Å²) >= 11 is 0. The van der Waals surface area contributed by atoms with E-state index < -0.39 is 0 Å². The minimum atomic E-state index is 1.10. The summed E-state index contributed by atoms with van der Waals surface area (Å²) in [7, 11) is 0. The summed E-state index contributed by atoms with van der Waals surface area (Å²) in [4.78, 5) is 2.38. The van der Waals surface area contributed by atoms with Crippen LogP contribution in [-0.4, -0.2) is 4.57 Å². The molecule has 0 N–H and O–H groups in total. The molecule has 0 saturated carbocycles. The predicted molar refractivity (Wildman–Crippen MR) is 213 cm³/mol. The molecule has 0 aliphatic heterocycles. The van der Waals surface area contributed by atoms with E-state index in [2.05, 4.69) is 204 Å². The average molecular weight is 637 g/mol. The first-order valence-corrected chi connectivity index (χ1v) is 17.2. The van der Waals surface area contributed by atoms with Gasteiger partial charge in [-0.15, -0.1) is 0 Å². The van der Waals surface area contributed by atoms with Gasteiger partial charge >= 0.3 is 0 Å². The fourth-order valence-corrected chi connectivity index (χ4v) is 7.73. The van der Waals surface area contributed by atoms with Gasteiger partial charge in [0.25, 0.3) is 0 Å². The fourth-order valence-electron chi connectivity index (χ4n) is 7.73. The van der Waals surface area contributed by atoms with Gasteiger partial charge in [-0.2, -0.15) is 0 Å². The average Bonchev–Trinajstić information content (AvgIpc) is 3.50. The van der Waals surface area contributed by atoms with Crippen molar-refractivity contribution in [3.63, 3.8) is 0 Å². The van der Waals surface area contributed by atoms with Gasteiger partial charge < -0.3 is 9.47 Å². The second kappa shape index (κ2) is 11.5. The Hall–Kier alpha value is -6.64. The van der Waals surface area contributed by atoms with Crippen LogP contribution in [0, 0.1) is 0 Å². The summed E-state index contributed by atoms with van der Waals surface area (Å²) in [6, 6.07) is 70.5. The van der Waals surface area contributed by atoms with Crippen molar-refractivity contribution in [3.8, 4) is 16.8 Å². The molecule has 2 heteroatoms. The molecule has 0 saturated heterocycles. The quantitative estimate of drug-likeness (QED) is 0.171. The van der Waals surface area contributed by atoms with Gasteiger partial charge in [0.05, 0.1) is 11.0 Å². The highest BCUT2D eigenvalue weighted by Crippen LogP contribution is 2.40. The van der Waals surface area contributed by atoms with Crippen LogP contribution in [0.3, 0.4) is 0 Å². The number of rotatable bonds is 5. The van der Waals surface area contributed by atoms with Crippen LogP contribution in [0.1, 0.15) is 0 Å². The summed E-state index contributed by atoms with van der Waals surface area (Å²) in [6.07, 6.45) is 0. The van der Waals surface area contributed by atoms with Crippen LogP contribution in [0.15, 0.2) is 194 Å².